The molecule has 24 heavy (non-hydrogen) atoms. The molecule has 1 fully saturated rings. The van der Waals surface area contributed by atoms with E-state index in [1.165, 1.54) is 0 Å². The van der Waals surface area contributed by atoms with Crippen LogP contribution in [-0.4, -0.2) is 52.5 Å². The van der Waals surface area contributed by atoms with Gasteiger partial charge in [0.1, 0.15) is 0 Å². The Labute approximate surface area is 146 Å². The zero-order valence-electron chi connectivity index (χ0n) is 14.0. The number of nitrogens with zero attached hydrogens (tertiary/aromatic N) is 4. The molecule has 1 amide bonds. The van der Waals surface area contributed by atoms with Crippen molar-refractivity contribution in [3.8, 4) is 5.69 Å². The maximum atomic E-state index is 12.8. The van der Waals surface area contributed by atoms with E-state index in [0.717, 1.165) is 38.2 Å². The molecule has 2 heterocycles. The number of hydrogen-bond acceptors (Lipinski definition) is 4. The number of para-hydroxylation sites is 1. The van der Waals surface area contributed by atoms with E-state index in [1.54, 1.807) is 10.7 Å². The van der Waals surface area contributed by atoms with Crippen LogP contribution in [0.5, 0.6) is 0 Å². The lowest BCUT2D eigenvalue weighted by Gasteiger charge is -2.31. The van der Waals surface area contributed by atoms with Crippen LogP contribution in [0.25, 0.3) is 5.69 Å². The van der Waals surface area contributed by atoms with Gasteiger partial charge in [-0.2, -0.15) is 0 Å². The van der Waals surface area contributed by atoms with Crippen molar-refractivity contribution in [3.63, 3.8) is 0 Å². The van der Waals surface area contributed by atoms with Crippen LogP contribution in [-0.2, 0) is 0 Å². The number of benzene rings is 1. The molecule has 1 aliphatic rings. The fraction of sp³-hybridized carbons (Fsp3) is 0.471. The highest BCUT2D eigenvalue weighted by atomic mass is 35.5. The standard InChI is InChI=1S/C17H22ClN5O/c1-12-16(17(24)22-9-7-13(8-10-22)11-19-2)20-21-23(12)15-6-4-3-5-14(15)18/h3-6,13,19H,7-11H2,1-2H3. The topological polar surface area (TPSA) is 63.1 Å². The molecule has 0 saturated carbocycles. The van der Waals surface area contributed by atoms with Gasteiger partial charge in [0.25, 0.3) is 5.91 Å². The lowest BCUT2D eigenvalue weighted by molar-refractivity contribution is 0.0684. The largest absolute Gasteiger partial charge is 0.337 e. The quantitative estimate of drug-likeness (QED) is 0.921. The summed E-state index contributed by atoms with van der Waals surface area (Å²) in [6.07, 6.45) is 2.04. The summed E-state index contributed by atoms with van der Waals surface area (Å²) in [6.45, 7) is 4.39. The average Bonchev–Trinajstić information content (AvgIpc) is 2.97. The third-order valence-corrected chi connectivity index (χ3v) is 4.89. The summed E-state index contributed by atoms with van der Waals surface area (Å²) < 4.78 is 1.63. The molecule has 1 saturated heterocycles. The van der Waals surface area contributed by atoms with Crippen molar-refractivity contribution in [1.29, 1.82) is 0 Å². The first kappa shape index (κ1) is 16.9. The molecule has 0 radical (unpaired) electrons. The number of aromatic nitrogens is 3. The Kier molecular flexibility index (Phi) is 5.16. The average molecular weight is 348 g/mol. The minimum Gasteiger partial charge on any atom is -0.337 e. The van der Waals surface area contributed by atoms with E-state index in [2.05, 4.69) is 15.6 Å². The number of likely N-dealkylation sites (tertiary alicyclic amines) is 1. The summed E-state index contributed by atoms with van der Waals surface area (Å²) in [7, 11) is 1.97. The zero-order chi connectivity index (χ0) is 17.1. The Morgan fingerprint density at radius 2 is 2.04 bits per heavy atom. The fourth-order valence-corrected chi connectivity index (χ4v) is 3.37. The summed E-state index contributed by atoms with van der Waals surface area (Å²) >= 11 is 6.22. The second-order valence-electron chi connectivity index (χ2n) is 6.18. The lowest BCUT2D eigenvalue weighted by Crippen LogP contribution is -2.40. The maximum absolute atomic E-state index is 12.8. The van der Waals surface area contributed by atoms with Crippen molar-refractivity contribution in [3.05, 3.63) is 40.7 Å². The van der Waals surface area contributed by atoms with Crippen LogP contribution in [0.4, 0.5) is 0 Å². The van der Waals surface area contributed by atoms with Gasteiger partial charge < -0.3 is 10.2 Å². The summed E-state index contributed by atoms with van der Waals surface area (Å²) in [5.41, 5.74) is 1.85. The number of amides is 1. The first-order chi connectivity index (χ1) is 11.6. The van der Waals surface area contributed by atoms with Crippen LogP contribution in [0, 0.1) is 12.8 Å². The first-order valence-corrected chi connectivity index (χ1v) is 8.60. The molecule has 2 aromatic rings. The molecule has 3 rings (SSSR count). The molecule has 6 nitrogen and oxygen atoms in total. The molecular formula is C17H22ClN5O. The highest BCUT2D eigenvalue weighted by Crippen LogP contribution is 2.23. The highest BCUT2D eigenvalue weighted by Gasteiger charge is 2.27. The van der Waals surface area contributed by atoms with Crippen molar-refractivity contribution in [1.82, 2.24) is 25.2 Å². The number of piperidine rings is 1. The predicted octanol–water partition coefficient (Wildman–Crippen LogP) is 2.30. The molecule has 128 valence electrons. The van der Waals surface area contributed by atoms with Crippen LogP contribution < -0.4 is 5.32 Å². The van der Waals surface area contributed by atoms with E-state index in [1.807, 2.05) is 37.1 Å². The molecule has 0 unspecified atom stereocenters. The summed E-state index contributed by atoms with van der Waals surface area (Å²) in [6, 6.07) is 7.41. The SMILES string of the molecule is CNCC1CCN(C(=O)c2nnn(-c3ccccc3Cl)c2C)CC1. The maximum Gasteiger partial charge on any atom is 0.276 e. The second kappa shape index (κ2) is 7.32. The van der Waals surface area contributed by atoms with Crippen LogP contribution >= 0.6 is 11.6 Å². The molecule has 0 bridgehead atoms. The molecule has 0 spiro atoms. The van der Waals surface area contributed by atoms with Gasteiger partial charge in [-0.05, 0) is 51.4 Å². The molecular weight excluding hydrogens is 326 g/mol. The number of carbonyl (C=O) groups excluding carboxylic acids is 1. The van der Waals surface area contributed by atoms with E-state index in [-0.39, 0.29) is 5.91 Å². The summed E-state index contributed by atoms with van der Waals surface area (Å²) in [5.74, 6) is 0.590. The zero-order valence-corrected chi connectivity index (χ0v) is 14.8. The summed E-state index contributed by atoms with van der Waals surface area (Å²) in [4.78, 5) is 14.7. The predicted molar refractivity (Wildman–Crippen MR) is 93.7 cm³/mol. The Bertz CT molecular complexity index is 722. The van der Waals surface area contributed by atoms with Gasteiger partial charge in [0.05, 0.1) is 16.4 Å². The summed E-state index contributed by atoms with van der Waals surface area (Å²) in [5, 5.41) is 12.0. The smallest absolute Gasteiger partial charge is 0.276 e. The van der Waals surface area contributed by atoms with Crippen molar-refractivity contribution >= 4 is 17.5 Å². The van der Waals surface area contributed by atoms with E-state index in [0.29, 0.717) is 22.3 Å². The van der Waals surface area contributed by atoms with Crippen LogP contribution in [0.3, 0.4) is 0 Å². The molecule has 0 aliphatic carbocycles. The minimum atomic E-state index is -0.0475. The van der Waals surface area contributed by atoms with Crippen LogP contribution in [0.1, 0.15) is 29.0 Å². The Balaban J connectivity index is 1.77. The van der Waals surface area contributed by atoms with Gasteiger partial charge in [0.2, 0.25) is 0 Å². The van der Waals surface area contributed by atoms with Crippen molar-refractivity contribution in [2.75, 3.05) is 26.7 Å². The van der Waals surface area contributed by atoms with Gasteiger partial charge in [-0.1, -0.05) is 28.9 Å². The van der Waals surface area contributed by atoms with Gasteiger partial charge in [-0.25, -0.2) is 4.68 Å². The van der Waals surface area contributed by atoms with Gasteiger partial charge in [-0.15, -0.1) is 5.10 Å². The molecule has 1 aromatic carbocycles. The molecule has 1 aliphatic heterocycles. The van der Waals surface area contributed by atoms with E-state index < -0.39 is 0 Å². The van der Waals surface area contributed by atoms with E-state index in [4.69, 9.17) is 11.6 Å². The molecule has 1 aromatic heterocycles. The number of nitrogens with one attached hydrogen (secondary N) is 1. The third-order valence-electron chi connectivity index (χ3n) is 4.57. The lowest BCUT2D eigenvalue weighted by atomic mass is 9.96. The Morgan fingerprint density at radius 3 is 2.71 bits per heavy atom. The Morgan fingerprint density at radius 1 is 1.33 bits per heavy atom. The second-order valence-corrected chi connectivity index (χ2v) is 6.59. The van der Waals surface area contributed by atoms with Crippen LogP contribution in [0.2, 0.25) is 5.02 Å². The van der Waals surface area contributed by atoms with Crippen molar-refractivity contribution in [2.45, 2.75) is 19.8 Å². The van der Waals surface area contributed by atoms with Crippen LogP contribution in [0.15, 0.2) is 24.3 Å². The van der Waals surface area contributed by atoms with E-state index in [9.17, 15) is 4.79 Å². The monoisotopic (exact) mass is 347 g/mol. The van der Waals surface area contributed by atoms with Gasteiger partial charge in [0, 0.05) is 13.1 Å². The third kappa shape index (κ3) is 3.30. The highest BCUT2D eigenvalue weighted by molar-refractivity contribution is 6.32. The van der Waals surface area contributed by atoms with Gasteiger partial charge in [-0.3, -0.25) is 4.79 Å². The number of halogens is 1. The number of carbonyl (C=O) groups is 1. The molecule has 1 N–H and O–H groups in total. The molecule has 7 heteroatoms. The fourth-order valence-electron chi connectivity index (χ4n) is 3.16. The Hall–Kier alpha value is -1.92. The minimum absolute atomic E-state index is 0.0475. The molecule has 0 atom stereocenters. The van der Waals surface area contributed by atoms with Gasteiger partial charge >= 0.3 is 0 Å². The normalized spacial score (nSPS) is 15.7. The van der Waals surface area contributed by atoms with Crippen molar-refractivity contribution in [2.24, 2.45) is 5.92 Å². The van der Waals surface area contributed by atoms with E-state index >= 15 is 0 Å². The number of rotatable bonds is 4. The number of hydrogen-bond donors (Lipinski definition) is 1. The first-order valence-electron chi connectivity index (χ1n) is 8.23. The van der Waals surface area contributed by atoms with Gasteiger partial charge in [0.15, 0.2) is 5.69 Å². The van der Waals surface area contributed by atoms with Crippen molar-refractivity contribution < 1.29 is 4.79 Å².